The summed E-state index contributed by atoms with van der Waals surface area (Å²) in [4.78, 5) is 12.6. The third-order valence-electron chi connectivity index (χ3n) is 3.98. The number of nitrogens with zero attached hydrogens (tertiary/aromatic N) is 4. The van der Waals surface area contributed by atoms with Crippen LogP contribution in [0.3, 0.4) is 0 Å². The molecule has 2 aromatic rings. The third-order valence-corrected chi connectivity index (χ3v) is 4.23. The first-order valence-electron chi connectivity index (χ1n) is 7.06. The zero-order chi connectivity index (χ0) is 14.8. The van der Waals surface area contributed by atoms with Gasteiger partial charge in [0.1, 0.15) is 11.6 Å². The lowest BCUT2D eigenvalue weighted by atomic mass is 9.96. The zero-order valence-electron chi connectivity index (χ0n) is 11.9. The summed E-state index contributed by atoms with van der Waals surface area (Å²) < 4.78 is 2.08. The summed E-state index contributed by atoms with van der Waals surface area (Å²) in [5, 5.41) is 9.30. The van der Waals surface area contributed by atoms with Crippen LogP contribution in [0.15, 0.2) is 24.3 Å². The minimum absolute atomic E-state index is 0.332. The molecule has 0 bridgehead atoms. The smallest absolute Gasteiger partial charge is 0.209 e. The van der Waals surface area contributed by atoms with Crippen LogP contribution in [0.1, 0.15) is 30.4 Å². The van der Waals surface area contributed by atoms with Crippen LogP contribution in [0.25, 0.3) is 5.69 Å². The van der Waals surface area contributed by atoms with Crippen LogP contribution in [-0.2, 0) is 4.79 Å². The highest BCUT2D eigenvalue weighted by atomic mass is 35.5. The molecule has 0 N–H and O–H groups in total. The molecule has 21 heavy (non-hydrogen) atoms. The second-order valence-electron chi connectivity index (χ2n) is 5.33. The summed E-state index contributed by atoms with van der Waals surface area (Å²) in [6, 6.07) is 7.69. The first-order chi connectivity index (χ1) is 10.2. The van der Waals surface area contributed by atoms with Crippen molar-refractivity contribution in [3.63, 3.8) is 0 Å². The van der Waals surface area contributed by atoms with Gasteiger partial charge in [0.05, 0.1) is 0 Å². The van der Waals surface area contributed by atoms with E-state index in [1.54, 1.807) is 0 Å². The summed E-state index contributed by atoms with van der Waals surface area (Å²) in [7, 11) is 0. The van der Waals surface area contributed by atoms with E-state index in [1.165, 1.54) is 0 Å². The van der Waals surface area contributed by atoms with E-state index in [-0.39, 0.29) is 0 Å². The molecule has 0 atom stereocenters. The molecule has 1 saturated heterocycles. The van der Waals surface area contributed by atoms with E-state index in [9.17, 15) is 4.79 Å². The van der Waals surface area contributed by atoms with Gasteiger partial charge in [-0.25, -0.2) is 0 Å². The Bertz CT molecular complexity index is 630. The summed E-state index contributed by atoms with van der Waals surface area (Å²) in [6.45, 7) is 3.51. The monoisotopic (exact) mass is 304 g/mol. The van der Waals surface area contributed by atoms with Crippen molar-refractivity contribution in [2.45, 2.75) is 25.7 Å². The first kappa shape index (κ1) is 14.1. The number of likely N-dealkylation sites (tertiary alicyclic amines) is 1. The average molecular weight is 305 g/mol. The number of benzene rings is 1. The van der Waals surface area contributed by atoms with E-state index >= 15 is 0 Å². The van der Waals surface area contributed by atoms with Gasteiger partial charge in [0, 0.05) is 29.7 Å². The highest BCUT2D eigenvalue weighted by Gasteiger charge is 2.25. The van der Waals surface area contributed by atoms with Crippen molar-refractivity contribution < 1.29 is 4.79 Å². The molecule has 0 aliphatic carbocycles. The van der Waals surface area contributed by atoms with Crippen LogP contribution in [0, 0.1) is 6.92 Å². The molecule has 3 rings (SSSR count). The summed E-state index contributed by atoms with van der Waals surface area (Å²) in [5.74, 6) is 2.17. The predicted octanol–water partition coefficient (Wildman–Crippen LogP) is 2.56. The number of hydrogen-bond acceptors (Lipinski definition) is 3. The Balaban J connectivity index is 1.90. The molecule has 1 fully saturated rings. The predicted molar refractivity (Wildman–Crippen MR) is 80.7 cm³/mol. The summed E-state index contributed by atoms with van der Waals surface area (Å²) in [6.07, 6.45) is 2.76. The number of aromatic nitrogens is 3. The second kappa shape index (κ2) is 5.85. The Morgan fingerprint density at radius 2 is 1.86 bits per heavy atom. The third kappa shape index (κ3) is 2.78. The van der Waals surface area contributed by atoms with E-state index in [0.29, 0.717) is 10.9 Å². The van der Waals surface area contributed by atoms with Crippen molar-refractivity contribution in [3.05, 3.63) is 40.9 Å². The quantitative estimate of drug-likeness (QED) is 0.819. The van der Waals surface area contributed by atoms with Crippen molar-refractivity contribution in [2.75, 3.05) is 13.1 Å². The lowest BCUT2D eigenvalue weighted by molar-refractivity contribution is -0.119. The molecular formula is C15H17ClN4O. The van der Waals surface area contributed by atoms with E-state index in [4.69, 9.17) is 11.6 Å². The molecule has 0 spiro atoms. The van der Waals surface area contributed by atoms with Gasteiger partial charge in [-0.05, 0) is 44.0 Å². The second-order valence-corrected chi connectivity index (χ2v) is 5.77. The van der Waals surface area contributed by atoms with E-state index in [2.05, 4.69) is 14.8 Å². The normalized spacial score (nSPS) is 16.2. The van der Waals surface area contributed by atoms with Gasteiger partial charge in [-0.2, -0.15) is 0 Å². The van der Waals surface area contributed by atoms with Gasteiger partial charge in [0.2, 0.25) is 6.41 Å². The van der Waals surface area contributed by atoms with Crippen LogP contribution < -0.4 is 0 Å². The number of hydrogen-bond donors (Lipinski definition) is 0. The fraction of sp³-hybridized carbons (Fsp3) is 0.400. The van der Waals surface area contributed by atoms with Gasteiger partial charge in [-0.15, -0.1) is 10.2 Å². The fourth-order valence-corrected chi connectivity index (χ4v) is 2.94. The van der Waals surface area contributed by atoms with Crippen LogP contribution >= 0.6 is 11.6 Å². The first-order valence-corrected chi connectivity index (χ1v) is 7.44. The lowest BCUT2D eigenvalue weighted by Crippen LogP contribution is -2.32. The Kier molecular flexibility index (Phi) is 3.92. The van der Waals surface area contributed by atoms with Gasteiger partial charge < -0.3 is 4.90 Å². The van der Waals surface area contributed by atoms with E-state index in [1.807, 2.05) is 36.1 Å². The maximum absolute atomic E-state index is 10.8. The van der Waals surface area contributed by atoms with Gasteiger partial charge in [-0.3, -0.25) is 9.36 Å². The fourth-order valence-electron chi connectivity index (χ4n) is 2.82. The molecule has 0 radical (unpaired) electrons. The van der Waals surface area contributed by atoms with Crippen molar-refractivity contribution in [1.29, 1.82) is 0 Å². The van der Waals surface area contributed by atoms with E-state index < -0.39 is 0 Å². The lowest BCUT2D eigenvalue weighted by Gasteiger charge is -2.28. The van der Waals surface area contributed by atoms with Gasteiger partial charge in [-0.1, -0.05) is 11.6 Å². The Labute approximate surface area is 128 Å². The maximum atomic E-state index is 10.8. The molecule has 0 unspecified atom stereocenters. The summed E-state index contributed by atoms with van der Waals surface area (Å²) >= 11 is 5.95. The number of carbonyl (C=O) groups is 1. The Morgan fingerprint density at radius 1 is 1.19 bits per heavy atom. The molecule has 1 aromatic heterocycles. The molecule has 5 nitrogen and oxygen atoms in total. The molecule has 2 heterocycles. The molecule has 1 aliphatic rings. The molecule has 110 valence electrons. The minimum atomic E-state index is 0.332. The van der Waals surface area contributed by atoms with Crippen molar-refractivity contribution in [1.82, 2.24) is 19.7 Å². The highest BCUT2D eigenvalue weighted by molar-refractivity contribution is 6.30. The summed E-state index contributed by atoms with van der Waals surface area (Å²) in [5.41, 5.74) is 1.02. The van der Waals surface area contributed by atoms with Crippen LogP contribution in [0.2, 0.25) is 5.02 Å². The number of aryl methyl sites for hydroxylation is 1. The van der Waals surface area contributed by atoms with Crippen molar-refractivity contribution in [2.24, 2.45) is 0 Å². The molecule has 1 aromatic carbocycles. The standard InChI is InChI=1S/C15H17ClN4O/c1-11-17-18-15(12-6-8-19(10-21)9-7-12)20(11)14-4-2-13(16)3-5-14/h2-5,10,12H,6-9H2,1H3. The van der Waals surface area contributed by atoms with Gasteiger partial charge in [0.25, 0.3) is 0 Å². The van der Waals surface area contributed by atoms with Crippen molar-refractivity contribution in [3.8, 4) is 5.69 Å². The number of piperidine rings is 1. The number of halogens is 1. The highest BCUT2D eigenvalue weighted by Crippen LogP contribution is 2.29. The molecule has 1 aliphatic heterocycles. The largest absolute Gasteiger partial charge is 0.345 e. The minimum Gasteiger partial charge on any atom is -0.345 e. The van der Waals surface area contributed by atoms with Gasteiger partial charge in [0.15, 0.2) is 0 Å². The topological polar surface area (TPSA) is 51.0 Å². The molecule has 1 amide bonds. The van der Waals surface area contributed by atoms with E-state index in [0.717, 1.165) is 49.7 Å². The van der Waals surface area contributed by atoms with Crippen LogP contribution in [-0.4, -0.2) is 39.2 Å². The number of rotatable bonds is 3. The Morgan fingerprint density at radius 3 is 2.48 bits per heavy atom. The van der Waals surface area contributed by atoms with Crippen LogP contribution in [0.5, 0.6) is 0 Å². The molecule has 0 saturated carbocycles. The molecule has 6 heteroatoms. The number of amides is 1. The molecular weight excluding hydrogens is 288 g/mol. The average Bonchev–Trinajstić information content (AvgIpc) is 2.90. The van der Waals surface area contributed by atoms with Crippen LogP contribution in [0.4, 0.5) is 0 Å². The van der Waals surface area contributed by atoms with Crippen molar-refractivity contribution >= 4 is 18.0 Å². The Hall–Kier alpha value is -1.88. The SMILES string of the molecule is Cc1nnc(C2CCN(C=O)CC2)n1-c1ccc(Cl)cc1. The maximum Gasteiger partial charge on any atom is 0.209 e. The zero-order valence-corrected chi connectivity index (χ0v) is 12.6. The van der Waals surface area contributed by atoms with Gasteiger partial charge >= 0.3 is 0 Å². The number of carbonyl (C=O) groups excluding carboxylic acids is 1.